The molecule has 3 aliphatic rings. The molecule has 0 bridgehead atoms. The molecule has 9 nitrogen and oxygen atoms in total. The van der Waals surface area contributed by atoms with Crippen LogP contribution in [0.5, 0.6) is 5.75 Å². The van der Waals surface area contributed by atoms with Crippen LogP contribution in [-0.2, 0) is 16.1 Å². The molecule has 0 aliphatic heterocycles. The second-order valence-electron chi connectivity index (χ2n) is 11.3. The van der Waals surface area contributed by atoms with Gasteiger partial charge in [-0.05, 0) is 99.3 Å². The lowest BCUT2D eigenvalue weighted by atomic mass is 9.54. The number of allylic oxidation sites excluding steroid dienone is 1. The molecule has 10 heteroatoms. The Labute approximate surface area is 232 Å². The molecule has 1 amide bonds. The number of nitrogens with one attached hydrogen (secondary N) is 1. The Bertz CT molecular complexity index is 1320. The summed E-state index contributed by atoms with van der Waals surface area (Å²) in [6.45, 7) is 6.63. The summed E-state index contributed by atoms with van der Waals surface area (Å²) in [5.74, 6) is 0.752. The van der Waals surface area contributed by atoms with Gasteiger partial charge in [-0.15, -0.1) is 11.3 Å². The molecule has 5 atom stereocenters. The first-order valence-corrected chi connectivity index (χ1v) is 14.6. The molecule has 2 fully saturated rings. The van der Waals surface area contributed by atoms with E-state index in [-0.39, 0.29) is 40.5 Å². The highest BCUT2D eigenvalue weighted by Crippen LogP contribution is 2.63. The molecule has 2 aromatic rings. The first-order valence-electron chi connectivity index (χ1n) is 13.7. The minimum absolute atomic E-state index is 0.0341. The van der Waals surface area contributed by atoms with Crippen molar-refractivity contribution in [3.05, 3.63) is 56.6 Å². The summed E-state index contributed by atoms with van der Waals surface area (Å²) in [4.78, 5) is 34.9. The van der Waals surface area contributed by atoms with E-state index in [0.29, 0.717) is 24.1 Å². The number of aromatic hydroxyl groups is 1. The van der Waals surface area contributed by atoms with Crippen LogP contribution < -0.4 is 5.32 Å². The summed E-state index contributed by atoms with van der Waals surface area (Å²) in [5, 5.41) is 30.0. The zero-order valence-electron chi connectivity index (χ0n) is 22.7. The van der Waals surface area contributed by atoms with Crippen LogP contribution in [0.1, 0.15) is 74.3 Å². The second-order valence-corrected chi connectivity index (χ2v) is 12.6. The first-order chi connectivity index (χ1) is 18.7. The minimum Gasteiger partial charge on any atom is -0.502 e. The van der Waals surface area contributed by atoms with E-state index in [1.165, 1.54) is 11.3 Å². The number of phenolic OH excluding ortho intramolecular Hbond substituents is 1. The minimum atomic E-state index is -0.500. The maximum absolute atomic E-state index is 12.8. The van der Waals surface area contributed by atoms with E-state index in [2.05, 4.69) is 22.4 Å². The quantitative estimate of drug-likeness (QED) is 0.166. The predicted molar refractivity (Wildman–Crippen MR) is 151 cm³/mol. The number of carbonyl (C=O) groups is 1. The number of nitro benzene ring substituents is 1. The van der Waals surface area contributed by atoms with E-state index in [1.54, 1.807) is 18.3 Å². The van der Waals surface area contributed by atoms with Crippen LogP contribution in [0.25, 0.3) is 0 Å². The molecule has 1 heterocycles. The van der Waals surface area contributed by atoms with Crippen LogP contribution in [0.3, 0.4) is 0 Å². The monoisotopic (exact) mass is 552 g/mol. The summed E-state index contributed by atoms with van der Waals surface area (Å²) in [7, 11) is 0. The van der Waals surface area contributed by atoms with Crippen LogP contribution in [0.2, 0.25) is 0 Å². The first kappa shape index (κ1) is 27.3. The maximum atomic E-state index is 12.8. The van der Waals surface area contributed by atoms with E-state index in [1.807, 2.05) is 26.0 Å². The average Bonchev–Trinajstić information content (AvgIpc) is 3.43. The van der Waals surface area contributed by atoms with Crippen molar-refractivity contribution in [1.82, 2.24) is 4.98 Å². The SMILES string of the molecule is C/C=C\CO/N=C1\C[C@@H](CCC(=O)Nc2ncc(C)s2)C2C3CCc4cc(O)c([N+](=O)[O-])cc4C3CC[C@]12C. The van der Waals surface area contributed by atoms with E-state index in [9.17, 15) is 20.0 Å². The smallest absolute Gasteiger partial charge is 0.310 e. The lowest BCUT2D eigenvalue weighted by Crippen LogP contribution is -2.44. The number of thiazole rings is 1. The van der Waals surface area contributed by atoms with Crippen LogP contribution in [0.15, 0.2) is 35.6 Å². The van der Waals surface area contributed by atoms with Crippen molar-refractivity contribution < 1.29 is 19.7 Å². The molecule has 39 heavy (non-hydrogen) atoms. The molecular weight excluding hydrogens is 516 g/mol. The third-order valence-electron chi connectivity index (χ3n) is 9.08. The number of fused-ring (bicyclic) bond motifs is 5. The molecule has 2 N–H and O–H groups in total. The highest BCUT2D eigenvalue weighted by atomic mass is 32.1. The molecule has 0 saturated heterocycles. The Morgan fingerprint density at radius 1 is 1.41 bits per heavy atom. The number of aryl methyl sites for hydroxylation is 2. The van der Waals surface area contributed by atoms with Gasteiger partial charge < -0.3 is 15.3 Å². The van der Waals surface area contributed by atoms with Gasteiger partial charge in [-0.2, -0.15) is 0 Å². The molecule has 1 aromatic carbocycles. The van der Waals surface area contributed by atoms with Crippen molar-refractivity contribution in [2.24, 2.45) is 28.3 Å². The third-order valence-corrected chi connectivity index (χ3v) is 9.91. The van der Waals surface area contributed by atoms with Crippen LogP contribution in [0, 0.1) is 40.2 Å². The molecule has 5 rings (SSSR count). The van der Waals surface area contributed by atoms with Crippen LogP contribution in [0.4, 0.5) is 10.8 Å². The number of anilines is 1. The van der Waals surface area contributed by atoms with E-state index < -0.39 is 4.92 Å². The molecule has 3 unspecified atom stereocenters. The number of carbonyl (C=O) groups excluding carboxylic acids is 1. The number of amides is 1. The number of nitrogens with zero attached hydrogens (tertiary/aromatic N) is 3. The summed E-state index contributed by atoms with van der Waals surface area (Å²) >= 11 is 1.47. The fourth-order valence-electron chi connectivity index (χ4n) is 7.40. The number of benzene rings is 1. The summed E-state index contributed by atoms with van der Waals surface area (Å²) in [5.41, 5.74) is 2.71. The molecule has 0 spiro atoms. The molecule has 2 saturated carbocycles. The van der Waals surface area contributed by atoms with E-state index in [0.717, 1.165) is 60.2 Å². The van der Waals surface area contributed by atoms with Gasteiger partial charge in [0.2, 0.25) is 5.91 Å². The highest BCUT2D eigenvalue weighted by Gasteiger charge is 2.57. The highest BCUT2D eigenvalue weighted by molar-refractivity contribution is 7.15. The summed E-state index contributed by atoms with van der Waals surface area (Å²) in [6, 6.07) is 3.20. The van der Waals surface area contributed by atoms with E-state index in [4.69, 9.17) is 4.84 Å². The zero-order valence-corrected chi connectivity index (χ0v) is 23.5. The molecule has 1 aromatic heterocycles. The number of hydrogen-bond donors (Lipinski definition) is 2. The Balaban J connectivity index is 1.41. The Kier molecular flexibility index (Phi) is 7.75. The zero-order chi connectivity index (χ0) is 27.7. The lowest BCUT2D eigenvalue weighted by Gasteiger charge is -2.50. The Hall–Kier alpha value is -3.27. The Morgan fingerprint density at radius 3 is 2.95 bits per heavy atom. The number of hydrogen-bond acceptors (Lipinski definition) is 8. The van der Waals surface area contributed by atoms with Crippen molar-refractivity contribution in [1.29, 1.82) is 0 Å². The number of nitro groups is 1. The second kappa shape index (κ2) is 11.1. The van der Waals surface area contributed by atoms with Crippen molar-refractivity contribution >= 4 is 33.8 Å². The van der Waals surface area contributed by atoms with Crippen LogP contribution in [-0.4, -0.2) is 33.2 Å². The molecule has 0 radical (unpaired) electrons. The van der Waals surface area contributed by atoms with Gasteiger partial charge in [0.05, 0.1) is 10.6 Å². The number of aromatic nitrogens is 1. The Morgan fingerprint density at radius 2 is 2.23 bits per heavy atom. The van der Waals surface area contributed by atoms with Gasteiger partial charge in [0.15, 0.2) is 10.9 Å². The fraction of sp³-hybridized carbons (Fsp3) is 0.552. The van der Waals surface area contributed by atoms with Gasteiger partial charge in [0.25, 0.3) is 0 Å². The number of phenols is 1. The normalized spacial score (nSPS) is 28.6. The van der Waals surface area contributed by atoms with Gasteiger partial charge in [-0.1, -0.05) is 18.2 Å². The van der Waals surface area contributed by atoms with Gasteiger partial charge in [0, 0.05) is 29.0 Å². The summed E-state index contributed by atoms with van der Waals surface area (Å²) in [6.07, 6.45) is 11.1. The fourth-order valence-corrected chi connectivity index (χ4v) is 8.08. The molecular formula is C29H36N4O5S. The lowest BCUT2D eigenvalue weighted by molar-refractivity contribution is -0.386. The average molecular weight is 553 g/mol. The van der Waals surface area contributed by atoms with Gasteiger partial charge >= 0.3 is 5.69 Å². The van der Waals surface area contributed by atoms with Gasteiger partial charge in [-0.3, -0.25) is 14.9 Å². The largest absolute Gasteiger partial charge is 0.502 e. The summed E-state index contributed by atoms with van der Waals surface area (Å²) < 4.78 is 0. The third kappa shape index (κ3) is 5.31. The van der Waals surface area contributed by atoms with Crippen molar-refractivity contribution in [2.75, 3.05) is 11.9 Å². The van der Waals surface area contributed by atoms with Gasteiger partial charge in [-0.25, -0.2) is 4.98 Å². The topological polar surface area (TPSA) is 127 Å². The molecule has 208 valence electrons. The van der Waals surface area contributed by atoms with Crippen LogP contribution >= 0.6 is 11.3 Å². The maximum Gasteiger partial charge on any atom is 0.310 e. The predicted octanol–water partition coefficient (Wildman–Crippen LogP) is 6.52. The number of rotatable bonds is 8. The van der Waals surface area contributed by atoms with E-state index >= 15 is 0 Å². The van der Waals surface area contributed by atoms with Crippen molar-refractivity contribution in [2.45, 2.75) is 71.6 Å². The number of oxime groups is 1. The van der Waals surface area contributed by atoms with Gasteiger partial charge in [0.1, 0.15) is 6.61 Å². The molecule has 3 aliphatic carbocycles. The van der Waals surface area contributed by atoms with Crippen molar-refractivity contribution in [3.8, 4) is 5.75 Å². The van der Waals surface area contributed by atoms with Crippen molar-refractivity contribution in [3.63, 3.8) is 0 Å². The standard InChI is InChI=1S/C29H36N4O5S/c1-4-5-12-38-32-25-14-19(7-9-26(35)31-28-30-16-17(2)39-28)27-21-8-6-18-13-24(34)23(33(36)37)15-22(18)20(21)10-11-29(25,27)3/h4-5,13,15-16,19-21,27,34H,6-12,14H2,1-3H3,(H,30,31,35)/b5-4-,32-25+/t19-,20?,21?,27?,29-/m1/s1.